The van der Waals surface area contributed by atoms with Crippen molar-refractivity contribution in [2.24, 2.45) is 0 Å². The summed E-state index contributed by atoms with van der Waals surface area (Å²) in [5.74, 6) is -0.207. The SMILES string of the molecule is CCOC(=O)C1=C(C)Nc2nc(SCC(=O)OC)nn2[C@@H]1c1ccc(O)c(OC)c1. The molecule has 0 bridgehead atoms. The number of methoxy groups -OCH3 is 2. The van der Waals surface area contributed by atoms with Gasteiger partial charge in [0.1, 0.15) is 6.04 Å². The highest BCUT2D eigenvalue weighted by atomic mass is 32.2. The molecule has 10 nitrogen and oxygen atoms in total. The molecule has 3 rings (SSSR count). The lowest BCUT2D eigenvalue weighted by atomic mass is 9.95. The Morgan fingerprint density at radius 1 is 1.33 bits per heavy atom. The lowest BCUT2D eigenvalue weighted by molar-refractivity contribution is -0.139. The van der Waals surface area contributed by atoms with E-state index in [4.69, 9.17) is 9.47 Å². The van der Waals surface area contributed by atoms with Gasteiger partial charge in [0.2, 0.25) is 11.1 Å². The third kappa shape index (κ3) is 4.20. The van der Waals surface area contributed by atoms with Gasteiger partial charge < -0.3 is 24.6 Å². The Bertz CT molecular complexity index is 1000. The van der Waals surface area contributed by atoms with Crippen LogP contribution in [0, 0.1) is 0 Å². The Balaban J connectivity index is 2.08. The first kappa shape index (κ1) is 21.5. The van der Waals surface area contributed by atoms with Crippen molar-refractivity contribution < 1.29 is 28.9 Å². The molecule has 11 heteroatoms. The largest absolute Gasteiger partial charge is 0.504 e. The molecule has 0 fully saturated rings. The number of thioether (sulfide) groups is 1. The number of phenolic OH excluding ortho intramolecular Hbond substituents is 1. The van der Waals surface area contributed by atoms with E-state index in [9.17, 15) is 14.7 Å². The van der Waals surface area contributed by atoms with E-state index in [2.05, 4.69) is 20.1 Å². The fourth-order valence-corrected chi connectivity index (χ4v) is 3.68. The van der Waals surface area contributed by atoms with Gasteiger partial charge in [-0.3, -0.25) is 4.79 Å². The molecule has 160 valence electrons. The summed E-state index contributed by atoms with van der Waals surface area (Å²) in [4.78, 5) is 28.6. The molecule has 0 saturated carbocycles. The number of esters is 2. The molecule has 30 heavy (non-hydrogen) atoms. The van der Waals surface area contributed by atoms with Crippen LogP contribution in [-0.4, -0.2) is 58.4 Å². The summed E-state index contributed by atoms with van der Waals surface area (Å²) < 4.78 is 16.7. The molecule has 1 aromatic carbocycles. The molecule has 1 atom stereocenters. The number of allylic oxidation sites excluding steroid dienone is 1. The maximum Gasteiger partial charge on any atom is 0.338 e. The van der Waals surface area contributed by atoms with E-state index in [0.29, 0.717) is 27.9 Å². The fraction of sp³-hybridized carbons (Fsp3) is 0.368. The molecule has 0 amide bonds. The third-order valence-electron chi connectivity index (χ3n) is 4.39. The van der Waals surface area contributed by atoms with Crippen LogP contribution in [0.4, 0.5) is 5.95 Å². The summed E-state index contributed by atoms with van der Waals surface area (Å²) in [6, 6.07) is 4.12. The summed E-state index contributed by atoms with van der Waals surface area (Å²) in [5.41, 5.74) is 1.56. The molecule has 0 saturated heterocycles. The number of anilines is 1. The number of benzene rings is 1. The van der Waals surface area contributed by atoms with Crippen LogP contribution in [0.25, 0.3) is 0 Å². The number of carbonyl (C=O) groups excluding carboxylic acids is 2. The molecule has 0 aliphatic carbocycles. The highest BCUT2D eigenvalue weighted by molar-refractivity contribution is 7.99. The minimum Gasteiger partial charge on any atom is -0.504 e. The predicted molar refractivity (Wildman–Crippen MR) is 109 cm³/mol. The molecule has 1 aliphatic rings. The zero-order chi connectivity index (χ0) is 21.8. The molecule has 0 radical (unpaired) electrons. The number of nitrogens with zero attached hydrogens (tertiary/aromatic N) is 3. The zero-order valence-electron chi connectivity index (χ0n) is 17.0. The van der Waals surface area contributed by atoms with Crippen molar-refractivity contribution in [2.75, 3.05) is 31.9 Å². The van der Waals surface area contributed by atoms with Gasteiger partial charge in [0.25, 0.3) is 0 Å². The first-order valence-corrected chi connectivity index (χ1v) is 10.1. The van der Waals surface area contributed by atoms with Crippen molar-refractivity contribution in [1.29, 1.82) is 0 Å². The first-order valence-electron chi connectivity index (χ1n) is 9.07. The van der Waals surface area contributed by atoms with Crippen LogP contribution >= 0.6 is 11.8 Å². The topological polar surface area (TPSA) is 125 Å². The Labute approximate surface area is 177 Å². The van der Waals surface area contributed by atoms with Crippen molar-refractivity contribution in [2.45, 2.75) is 25.0 Å². The number of rotatable bonds is 7. The second kappa shape index (κ2) is 9.08. The lowest BCUT2D eigenvalue weighted by Gasteiger charge is -2.28. The summed E-state index contributed by atoms with van der Waals surface area (Å²) in [6.07, 6.45) is 0. The van der Waals surface area contributed by atoms with Crippen molar-refractivity contribution in [3.63, 3.8) is 0 Å². The van der Waals surface area contributed by atoms with Gasteiger partial charge in [-0.05, 0) is 31.5 Å². The van der Waals surface area contributed by atoms with E-state index in [1.165, 1.54) is 20.3 Å². The summed E-state index contributed by atoms with van der Waals surface area (Å²) in [5, 5.41) is 17.9. The highest BCUT2D eigenvalue weighted by Crippen LogP contribution is 2.39. The number of carbonyl (C=O) groups is 2. The molecular formula is C19H22N4O6S. The fourth-order valence-electron chi connectivity index (χ4n) is 3.02. The van der Waals surface area contributed by atoms with E-state index in [1.54, 1.807) is 30.7 Å². The van der Waals surface area contributed by atoms with Crippen LogP contribution in [-0.2, 0) is 19.1 Å². The molecular weight excluding hydrogens is 412 g/mol. The zero-order valence-corrected chi connectivity index (χ0v) is 17.8. The normalized spacial score (nSPS) is 15.3. The van der Waals surface area contributed by atoms with Crippen LogP contribution < -0.4 is 10.1 Å². The van der Waals surface area contributed by atoms with Crippen LogP contribution in [0.3, 0.4) is 0 Å². The average molecular weight is 434 g/mol. The number of hydrogen-bond acceptors (Lipinski definition) is 10. The van der Waals surface area contributed by atoms with Crippen LogP contribution in [0.15, 0.2) is 34.6 Å². The number of nitrogens with one attached hydrogen (secondary N) is 1. The number of aromatic nitrogens is 3. The average Bonchev–Trinajstić information content (AvgIpc) is 3.13. The van der Waals surface area contributed by atoms with Crippen molar-refractivity contribution in [3.8, 4) is 11.5 Å². The summed E-state index contributed by atoms with van der Waals surface area (Å²) >= 11 is 1.12. The highest BCUT2D eigenvalue weighted by Gasteiger charge is 2.35. The molecule has 1 aliphatic heterocycles. The van der Waals surface area contributed by atoms with E-state index < -0.39 is 18.0 Å². The predicted octanol–water partition coefficient (Wildman–Crippen LogP) is 2.11. The number of phenols is 1. The Morgan fingerprint density at radius 3 is 2.77 bits per heavy atom. The van der Waals surface area contributed by atoms with E-state index in [0.717, 1.165) is 11.8 Å². The maximum atomic E-state index is 12.8. The van der Waals surface area contributed by atoms with E-state index >= 15 is 0 Å². The first-order chi connectivity index (χ1) is 14.4. The quantitative estimate of drug-likeness (QED) is 0.494. The van der Waals surface area contributed by atoms with Crippen molar-refractivity contribution in [3.05, 3.63) is 35.0 Å². The molecule has 0 spiro atoms. The number of aromatic hydroxyl groups is 1. The monoisotopic (exact) mass is 434 g/mol. The van der Waals surface area contributed by atoms with Crippen LogP contribution in [0.5, 0.6) is 11.5 Å². The van der Waals surface area contributed by atoms with Gasteiger partial charge in [-0.2, -0.15) is 4.98 Å². The summed E-state index contributed by atoms with van der Waals surface area (Å²) in [6.45, 7) is 3.69. The Kier molecular flexibility index (Phi) is 6.50. The Hall–Kier alpha value is -3.21. The molecule has 0 unspecified atom stereocenters. The van der Waals surface area contributed by atoms with Gasteiger partial charge >= 0.3 is 11.9 Å². The van der Waals surface area contributed by atoms with E-state index in [1.807, 2.05) is 0 Å². The van der Waals surface area contributed by atoms with Crippen molar-refractivity contribution >= 4 is 29.6 Å². The number of fused-ring (bicyclic) bond motifs is 1. The number of hydrogen-bond donors (Lipinski definition) is 2. The van der Waals surface area contributed by atoms with Gasteiger partial charge in [-0.15, -0.1) is 5.10 Å². The van der Waals surface area contributed by atoms with Crippen LogP contribution in [0.1, 0.15) is 25.5 Å². The van der Waals surface area contributed by atoms with Crippen molar-refractivity contribution in [1.82, 2.24) is 14.8 Å². The van der Waals surface area contributed by atoms with Gasteiger partial charge in [0.15, 0.2) is 11.5 Å². The maximum absolute atomic E-state index is 12.8. The second-order valence-electron chi connectivity index (χ2n) is 6.25. The van der Waals surface area contributed by atoms with Crippen LogP contribution in [0.2, 0.25) is 0 Å². The lowest BCUT2D eigenvalue weighted by Crippen LogP contribution is -2.29. The number of ether oxygens (including phenoxy) is 3. The Morgan fingerprint density at radius 2 is 2.10 bits per heavy atom. The third-order valence-corrected chi connectivity index (χ3v) is 5.21. The van der Waals surface area contributed by atoms with Gasteiger partial charge in [-0.1, -0.05) is 17.8 Å². The standard InChI is InChI=1S/C19H22N4O6S/c1-5-29-17(26)15-10(2)20-18-21-19(30-9-14(25)28-4)22-23(18)16(15)11-6-7-12(24)13(8-11)27-3/h6-8,16,24H,5,9H2,1-4H3,(H,20,21,22)/t16-/m1/s1. The molecule has 2 heterocycles. The van der Waals surface area contributed by atoms with E-state index in [-0.39, 0.29) is 23.9 Å². The van der Waals surface area contributed by atoms with Gasteiger partial charge in [0.05, 0.1) is 32.2 Å². The minimum atomic E-state index is -0.672. The second-order valence-corrected chi connectivity index (χ2v) is 7.19. The smallest absolute Gasteiger partial charge is 0.338 e. The molecule has 2 N–H and O–H groups in total. The van der Waals surface area contributed by atoms with Gasteiger partial charge in [0, 0.05) is 5.70 Å². The molecule has 2 aromatic rings. The minimum absolute atomic E-state index is 0.0262. The van der Waals surface area contributed by atoms with Gasteiger partial charge in [-0.25, -0.2) is 9.48 Å². The molecule has 1 aromatic heterocycles. The summed E-state index contributed by atoms with van der Waals surface area (Å²) in [7, 11) is 2.75.